The molecule has 0 saturated carbocycles. The third-order valence-corrected chi connectivity index (χ3v) is 2.51. The van der Waals surface area contributed by atoms with Crippen LogP contribution in [0.2, 0.25) is 0 Å². The highest BCUT2D eigenvalue weighted by Crippen LogP contribution is 2.21. The van der Waals surface area contributed by atoms with Crippen molar-refractivity contribution in [2.75, 3.05) is 19.8 Å². The van der Waals surface area contributed by atoms with Crippen LogP contribution in [0.5, 0.6) is 0 Å². The fourth-order valence-corrected chi connectivity index (χ4v) is 1.46. The maximum atomic E-state index is 9.52. The molecule has 0 aromatic heterocycles. The summed E-state index contributed by atoms with van der Waals surface area (Å²) in [4.78, 5) is 0. The van der Waals surface area contributed by atoms with Crippen molar-refractivity contribution >= 4 is 0 Å². The topological polar surface area (TPSA) is 140 Å². The maximum Gasteiger partial charge on any atom is 0.186 e. The van der Waals surface area contributed by atoms with Crippen LogP contribution in [0.3, 0.4) is 0 Å². The second kappa shape index (κ2) is 6.57. The third kappa shape index (κ3) is 3.57. The maximum absolute atomic E-state index is 9.52. The van der Waals surface area contributed by atoms with E-state index in [1.165, 1.54) is 0 Å². The predicted molar refractivity (Wildman–Crippen MR) is 52.8 cm³/mol. The minimum Gasteiger partial charge on any atom is -0.394 e. The summed E-state index contributed by atoms with van der Waals surface area (Å²) in [6.45, 7) is -1.37. The molecule has 102 valence electrons. The standard InChI is InChI=1S/C9H18O8/c10-1-4(12)3-16-9-8(15)7(14)6(13)5(2-11)17-9/h4-15H,1-3H2/t4?,5-,6-,7+,8+,9+/m1/s1. The van der Waals surface area contributed by atoms with Gasteiger partial charge in [-0.1, -0.05) is 0 Å². The summed E-state index contributed by atoms with van der Waals surface area (Å²) in [6.07, 6.45) is -7.94. The zero-order valence-electron chi connectivity index (χ0n) is 9.09. The second-order valence-corrected chi connectivity index (χ2v) is 3.87. The average Bonchev–Trinajstić information content (AvgIpc) is 2.34. The summed E-state index contributed by atoms with van der Waals surface area (Å²) in [6, 6.07) is 0. The lowest BCUT2D eigenvalue weighted by molar-refractivity contribution is -0.304. The Kier molecular flexibility index (Phi) is 5.70. The van der Waals surface area contributed by atoms with Crippen molar-refractivity contribution in [3.05, 3.63) is 0 Å². The second-order valence-electron chi connectivity index (χ2n) is 3.87. The molecule has 1 aliphatic rings. The van der Waals surface area contributed by atoms with Gasteiger partial charge in [0, 0.05) is 0 Å². The molecular weight excluding hydrogens is 236 g/mol. The van der Waals surface area contributed by atoms with E-state index in [1.807, 2.05) is 0 Å². The van der Waals surface area contributed by atoms with Gasteiger partial charge in [-0.3, -0.25) is 0 Å². The Bertz CT molecular complexity index is 223. The highest BCUT2D eigenvalue weighted by atomic mass is 16.7. The summed E-state index contributed by atoms with van der Waals surface area (Å²) in [5, 5.41) is 54.9. The van der Waals surface area contributed by atoms with Gasteiger partial charge in [-0.2, -0.15) is 0 Å². The molecule has 8 heteroatoms. The number of hydrogen-bond donors (Lipinski definition) is 6. The molecule has 8 nitrogen and oxygen atoms in total. The van der Waals surface area contributed by atoms with Crippen LogP contribution in [-0.4, -0.2) is 87.3 Å². The third-order valence-electron chi connectivity index (χ3n) is 2.51. The molecule has 0 spiro atoms. The fourth-order valence-electron chi connectivity index (χ4n) is 1.46. The van der Waals surface area contributed by atoms with Gasteiger partial charge in [0.15, 0.2) is 6.29 Å². The lowest BCUT2D eigenvalue weighted by Gasteiger charge is -2.39. The molecule has 1 fully saturated rings. The Balaban J connectivity index is 2.53. The van der Waals surface area contributed by atoms with Gasteiger partial charge in [-0.15, -0.1) is 0 Å². The van der Waals surface area contributed by atoms with E-state index in [9.17, 15) is 15.3 Å². The number of hydrogen-bond acceptors (Lipinski definition) is 8. The van der Waals surface area contributed by atoms with Gasteiger partial charge in [0.2, 0.25) is 0 Å². The highest BCUT2D eigenvalue weighted by Gasteiger charge is 2.44. The number of aliphatic hydroxyl groups excluding tert-OH is 6. The first-order valence-electron chi connectivity index (χ1n) is 5.22. The van der Waals surface area contributed by atoms with Crippen molar-refractivity contribution < 1.29 is 40.1 Å². The van der Waals surface area contributed by atoms with E-state index in [1.54, 1.807) is 0 Å². The normalized spacial score (nSPS) is 40.2. The Morgan fingerprint density at radius 1 is 1.06 bits per heavy atom. The largest absolute Gasteiger partial charge is 0.394 e. The Morgan fingerprint density at radius 3 is 2.24 bits per heavy atom. The van der Waals surface area contributed by atoms with Crippen LogP contribution in [0.25, 0.3) is 0 Å². The Hall–Kier alpha value is -0.320. The van der Waals surface area contributed by atoms with Gasteiger partial charge in [-0.25, -0.2) is 0 Å². The SMILES string of the molecule is OCC(O)CO[C@H]1O[C@H](CO)[C@@H](O)[C@H](O)[C@@H]1O. The molecule has 0 amide bonds. The summed E-state index contributed by atoms with van der Waals surface area (Å²) in [7, 11) is 0. The number of aliphatic hydroxyl groups is 6. The first kappa shape index (κ1) is 14.7. The van der Waals surface area contributed by atoms with E-state index in [0.717, 1.165) is 0 Å². The molecule has 17 heavy (non-hydrogen) atoms. The minimum absolute atomic E-state index is 0.306. The van der Waals surface area contributed by atoms with Crippen LogP contribution < -0.4 is 0 Å². The first-order chi connectivity index (χ1) is 8.01. The van der Waals surface area contributed by atoms with E-state index in [-0.39, 0.29) is 6.61 Å². The molecule has 0 radical (unpaired) electrons. The molecule has 0 bridgehead atoms. The molecule has 1 unspecified atom stereocenters. The zero-order valence-corrected chi connectivity index (χ0v) is 9.09. The van der Waals surface area contributed by atoms with Crippen molar-refractivity contribution in [2.24, 2.45) is 0 Å². The van der Waals surface area contributed by atoms with Crippen LogP contribution >= 0.6 is 0 Å². The summed E-state index contributed by atoms with van der Waals surface area (Å²) in [5.41, 5.74) is 0. The molecular formula is C9H18O8. The van der Waals surface area contributed by atoms with Crippen LogP contribution in [0.4, 0.5) is 0 Å². The molecule has 1 heterocycles. The minimum atomic E-state index is -1.52. The summed E-state index contributed by atoms with van der Waals surface area (Å²) < 4.78 is 9.93. The van der Waals surface area contributed by atoms with Crippen molar-refractivity contribution in [2.45, 2.75) is 36.8 Å². The van der Waals surface area contributed by atoms with Crippen LogP contribution in [0, 0.1) is 0 Å². The van der Waals surface area contributed by atoms with Crippen molar-refractivity contribution in [3.8, 4) is 0 Å². The van der Waals surface area contributed by atoms with Gasteiger partial charge < -0.3 is 40.1 Å². The predicted octanol–water partition coefficient (Wildman–Crippen LogP) is -3.84. The van der Waals surface area contributed by atoms with E-state index in [4.69, 9.17) is 24.8 Å². The van der Waals surface area contributed by atoms with Crippen molar-refractivity contribution in [1.82, 2.24) is 0 Å². The van der Waals surface area contributed by atoms with Crippen LogP contribution in [-0.2, 0) is 9.47 Å². The highest BCUT2D eigenvalue weighted by molar-refractivity contribution is 4.88. The lowest BCUT2D eigenvalue weighted by atomic mass is 9.99. The molecule has 6 N–H and O–H groups in total. The Morgan fingerprint density at radius 2 is 1.71 bits per heavy atom. The van der Waals surface area contributed by atoms with Gasteiger partial charge in [0.05, 0.1) is 19.8 Å². The number of rotatable bonds is 5. The molecule has 0 aromatic rings. The van der Waals surface area contributed by atoms with Gasteiger partial charge >= 0.3 is 0 Å². The first-order valence-corrected chi connectivity index (χ1v) is 5.22. The molecule has 6 atom stereocenters. The van der Waals surface area contributed by atoms with E-state index in [0.29, 0.717) is 0 Å². The average molecular weight is 254 g/mol. The molecule has 1 rings (SSSR count). The molecule has 0 aliphatic carbocycles. The molecule has 1 aliphatic heterocycles. The van der Waals surface area contributed by atoms with Crippen LogP contribution in [0.15, 0.2) is 0 Å². The molecule has 1 saturated heterocycles. The molecule has 0 aromatic carbocycles. The van der Waals surface area contributed by atoms with Gasteiger partial charge in [0.1, 0.15) is 30.5 Å². The monoisotopic (exact) mass is 254 g/mol. The van der Waals surface area contributed by atoms with Gasteiger partial charge in [-0.05, 0) is 0 Å². The fraction of sp³-hybridized carbons (Fsp3) is 1.00. The van der Waals surface area contributed by atoms with E-state index < -0.39 is 50.0 Å². The number of ether oxygens (including phenoxy) is 2. The van der Waals surface area contributed by atoms with Gasteiger partial charge in [0.25, 0.3) is 0 Å². The lowest BCUT2D eigenvalue weighted by Crippen LogP contribution is -2.59. The van der Waals surface area contributed by atoms with Crippen molar-refractivity contribution in [3.63, 3.8) is 0 Å². The smallest absolute Gasteiger partial charge is 0.186 e. The van der Waals surface area contributed by atoms with Crippen LogP contribution in [0.1, 0.15) is 0 Å². The summed E-state index contributed by atoms with van der Waals surface area (Å²) >= 11 is 0. The quantitative estimate of drug-likeness (QED) is 0.293. The van der Waals surface area contributed by atoms with E-state index in [2.05, 4.69) is 0 Å². The van der Waals surface area contributed by atoms with Crippen molar-refractivity contribution in [1.29, 1.82) is 0 Å². The van der Waals surface area contributed by atoms with E-state index >= 15 is 0 Å². The zero-order chi connectivity index (χ0) is 13.0. The summed E-state index contributed by atoms with van der Waals surface area (Å²) in [5.74, 6) is 0. The Labute approximate surface area is 97.6 Å².